The summed E-state index contributed by atoms with van der Waals surface area (Å²) in [5.41, 5.74) is 4.38. The number of nitrogens with one attached hydrogen (secondary N) is 2. The maximum Gasteiger partial charge on any atom is 0.191 e. The third-order valence-corrected chi connectivity index (χ3v) is 4.48. The van der Waals surface area contributed by atoms with Crippen molar-refractivity contribution in [1.82, 2.24) is 25.3 Å². The normalized spacial score (nSPS) is 11.6. The fraction of sp³-hybridized carbons (Fsp3) is 0.350. The van der Waals surface area contributed by atoms with Crippen LogP contribution in [-0.2, 0) is 25.9 Å². The van der Waals surface area contributed by atoms with Gasteiger partial charge in [0.05, 0.1) is 17.7 Å². The lowest BCUT2D eigenvalue weighted by Crippen LogP contribution is -2.36. The zero-order valence-corrected chi connectivity index (χ0v) is 16.1. The van der Waals surface area contributed by atoms with E-state index in [9.17, 15) is 0 Å². The van der Waals surface area contributed by atoms with Crippen LogP contribution in [0.3, 0.4) is 0 Å². The average molecular weight is 366 g/mol. The predicted octanol–water partition coefficient (Wildman–Crippen LogP) is 2.85. The van der Waals surface area contributed by atoms with E-state index in [1.54, 1.807) is 19.6 Å². The van der Waals surface area contributed by atoms with Gasteiger partial charge in [0.2, 0.25) is 0 Å². The molecule has 0 amide bonds. The molecular formula is C20H26N6O. The van der Waals surface area contributed by atoms with Crippen LogP contribution < -0.4 is 10.6 Å². The van der Waals surface area contributed by atoms with Crippen LogP contribution in [0.5, 0.6) is 0 Å². The first kappa shape index (κ1) is 18.7. The second-order valence-corrected chi connectivity index (χ2v) is 6.12. The molecule has 0 saturated heterocycles. The van der Waals surface area contributed by atoms with Gasteiger partial charge in [-0.2, -0.15) is 0 Å². The van der Waals surface area contributed by atoms with E-state index >= 15 is 0 Å². The second-order valence-electron chi connectivity index (χ2n) is 6.12. The molecule has 0 fully saturated rings. The van der Waals surface area contributed by atoms with Gasteiger partial charge < -0.3 is 19.7 Å². The molecule has 0 unspecified atom stereocenters. The number of guanidine groups is 1. The summed E-state index contributed by atoms with van der Waals surface area (Å²) in [5, 5.41) is 10.9. The van der Waals surface area contributed by atoms with Gasteiger partial charge in [-0.3, -0.25) is 4.99 Å². The van der Waals surface area contributed by atoms with Gasteiger partial charge in [0.15, 0.2) is 5.96 Å². The smallest absolute Gasteiger partial charge is 0.191 e. The molecule has 3 aromatic rings. The van der Waals surface area contributed by atoms with Gasteiger partial charge in [0.25, 0.3) is 0 Å². The number of aromatic nitrogens is 3. The number of rotatable bonds is 7. The molecule has 27 heavy (non-hydrogen) atoms. The number of aliphatic imine (C=N–C) groups is 1. The molecule has 1 aromatic carbocycles. The zero-order chi connectivity index (χ0) is 19.1. The number of hydrogen-bond acceptors (Lipinski definition) is 4. The van der Waals surface area contributed by atoms with Crippen molar-refractivity contribution in [2.75, 3.05) is 7.05 Å². The summed E-state index contributed by atoms with van der Waals surface area (Å²) in [6, 6.07) is 8.23. The van der Waals surface area contributed by atoms with E-state index in [1.165, 1.54) is 0 Å². The van der Waals surface area contributed by atoms with Crippen molar-refractivity contribution in [3.63, 3.8) is 0 Å². The number of nitrogens with zero attached hydrogens (tertiary/aromatic N) is 4. The molecule has 3 rings (SSSR count). The second kappa shape index (κ2) is 9.02. The van der Waals surface area contributed by atoms with E-state index in [4.69, 9.17) is 4.52 Å². The highest BCUT2D eigenvalue weighted by molar-refractivity contribution is 5.79. The van der Waals surface area contributed by atoms with Crippen LogP contribution in [0.25, 0.3) is 5.69 Å². The van der Waals surface area contributed by atoms with E-state index in [1.807, 2.05) is 22.9 Å². The van der Waals surface area contributed by atoms with Crippen molar-refractivity contribution in [1.29, 1.82) is 0 Å². The molecule has 2 aromatic heterocycles. The van der Waals surface area contributed by atoms with Gasteiger partial charge in [-0.05, 0) is 18.1 Å². The van der Waals surface area contributed by atoms with Gasteiger partial charge in [0.1, 0.15) is 5.76 Å². The molecule has 0 spiro atoms. The Hall–Kier alpha value is -3.09. The Balaban J connectivity index is 1.65. The predicted molar refractivity (Wildman–Crippen MR) is 106 cm³/mol. The Morgan fingerprint density at radius 2 is 1.96 bits per heavy atom. The minimum atomic E-state index is 0.638. The first-order chi connectivity index (χ1) is 13.3. The van der Waals surface area contributed by atoms with Crippen LogP contribution >= 0.6 is 0 Å². The van der Waals surface area contributed by atoms with E-state index in [2.05, 4.69) is 51.7 Å². The molecule has 0 aliphatic carbocycles. The minimum Gasteiger partial charge on any atom is -0.361 e. The standard InChI is InChI=1S/C20H26N6O/c1-4-17-16(19(5-2)27-25-17)13-24-20(21-3)23-12-15-8-6-7-9-18(15)26-11-10-22-14-26/h6-11,14H,4-5,12-13H2,1-3H3,(H2,21,23,24). The highest BCUT2D eigenvalue weighted by Gasteiger charge is 2.13. The van der Waals surface area contributed by atoms with Gasteiger partial charge in [-0.15, -0.1) is 0 Å². The van der Waals surface area contributed by atoms with Gasteiger partial charge in [-0.1, -0.05) is 37.2 Å². The maximum absolute atomic E-state index is 5.43. The average Bonchev–Trinajstić information content (AvgIpc) is 3.38. The number of hydrogen-bond donors (Lipinski definition) is 2. The molecule has 7 nitrogen and oxygen atoms in total. The van der Waals surface area contributed by atoms with Crippen LogP contribution in [0.4, 0.5) is 0 Å². The fourth-order valence-electron chi connectivity index (χ4n) is 3.02. The Morgan fingerprint density at radius 3 is 2.67 bits per heavy atom. The van der Waals surface area contributed by atoms with Crippen molar-refractivity contribution in [3.8, 4) is 5.69 Å². The van der Waals surface area contributed by atoms with Crippen LogP contribution in [0, 0.1) is 0 Å². The summed E-state index contributed by atoms with van der Waals surface area (Å²) in [6.07, 6.45) is 7.20. The fourth-order valence-corrected chi connectivity index (χ4v) is 3.02. The molecular weight excluding hydrogens is 340 g/mol. The number of aryl methyl sites for hydroxylation is 2. The molecule has 2 N–H and O–H groups in total. The summed E-state index contributed by atoms with van der Waals surface area (Å²) in [7, 11) is 1.77. The lowest BCUT2D eigenvalue weighted by Gasteiger charge is -2.14. The number of para-hydroxylation sites is 1. The molecule has 2 heterocycles. The molecule has 0 aliphatic rings. The van der Waals surface area contributed by atoms with Crippen molar-refractivity contribution < 1.29 is 4.52 Å². The van der Waals surface area contributed by atoms with E-state index in [0.29, 0.717) is 13.1 Å². The molecule has 7 heteroatoms. The van der Waals surface area contributed by atoms with Crippen LogP contribution in [0.15, 0.2) is 52.5 Å². The Bertz CT molecular complexity index is 860. The van der Waals surface area contributed by atoms with Gasteiger partial charge in [0, 0.05) is 44.5 Å². The van der Waals surface area contributed by atoms with Gasteiger partial charge >= 0.3 is 0 Å². The molecule has 0 atom stereocenters. The quantitative estimate of drug-likeness (QED) is 0.496. The first-order valence-electron chi connectivity index (χ1n) is 9.23. The SMILES string of the molecule is CCc1noc(CC)c1CNC(=NC)NCc1ccccc1-n1ccnc1. The Kier molecular flexibility index (Phi) is 6.25. The van der Waals surface area contributed by atoms with Crippen LogP contribution in [-0.4, -0.2) is 27.7 Å². The summed E-state index contributed by atoms with van der Waals surface area (Å²) in [4.78, 5) is 8.46. The van der Waals surface area contributed by atoms with Crippen molar-refractivity contribution in [3.05, 3.63) is 65.6 Å². The molecule has 0 aliphatic heterocycles. The monoisotopic (exact) mass is 366 g/mol. The van der Waals surface area contributed by atoms with Crippen molar-refractivity contribution in [2.24, 2.45) is 4.99 Å². The summed E-state index contributed by atoms with van der Waals surface area (Å²) in [5.74, 6) is 1.67. The third kappa shape index (κ3) is 4.36. The van der Waals surface area contributed by atoms with Gasteiger partial charge in [-0.25, -0.2) is 4.98 Å². The Morgan fingerprint density at radius 1 is 1.15 bits per heavy atom. The topological polar surface area (TPSA) is 80.3 Å². The summed E-state index contributed by atoms with van der Waals surface area (Å²) in [6.45, 7) is 5.45. The van der Waals surface area contributed by atoms with Crippen molar-refractivity contribution in [2.45, 2.75) is 39.8 Å². The number of imidazole rings is 1. The van der Waals surface area contributed by atoms with E-state index in [0.717, 1.165) is 47.1 Å². The third-order valence-electron chi connectivity index (χ3n) is 4.48. The Labute approximate surface area is 159 Å². The molecule has 142 valence electrons. The molecule has 0 radical (unpaired) electrons. The minimum absolute atomic E-state index is 0.638. The van der Waals surface area contributed by atoms with Crippen LogP contribution in [0.1, 0.15) is 36.4 Å². The highest BCUT2D eigenvalue weighted by Crippen LogP contribution is 2.16. The summed E-state index contributed by atoms with van der Waals surface area (Å²) < 4.78 is 7.43. The van der Waals surface area contributed by atoms with E-state index < -0.39 is 0 Å². The largest absolute Gasteiger partial charge is 0.361 e. The first-order valence-corrected chi connectivity index (χ1v) is 9.23. The zero-order valence-electron chi connectivity index (χ0n) is 16.1. The van der Waals surface area contributed by atoms with Crippen molar-refractivity contribution >= 4 is 5.96 Å². The van der Waals surface area contributed by atoms with E-state index in [-0.39, 0.29) is 0 Å². The summed E-state index contributed by atoms with van der Waals surface area (Å²) >= 11 is 0. The lowest BCUT2D eigenvalue weighted by atomic mass is 10.1. The lowest BCUT2D eigenvalue weighted by molar-refractivity contribution is 0.380. The van der Waals surface area contributed by atoms with Crippen LogP contribution in [0.2, 0.25) is 0 Å². The number of benzene rings is 1. The maximum atomic E-state index is 5.43. The molecule has 0 saturated carbocycles. The molecule has 0 bridgehead atoms. The highest BCUT2D eigenvalue weighted by atomic mass is 16.5.